The number of halogens is 1. The van der Waals surface area contributed by atoms with E-state index in [0.29, 0.717) is 18.1 Å². The smallest absolute Gasteiger partial charge is 0.239 e. The fraction of sp³-hybridized carbons (Fsp3) is 0.562. The molecule has 0 spiro atoms. The Hall–Kier alpha value is -1.26. The lowest BCUT2D eigenvalue weighted by Crippen LogP contribution is -2.50. The molecule has 1 fully saturated rings. The van der Waals surface area contributed by atoms with Crippen LogP contribution >= 0.6 is 11.6 Å². The maximum atomic E-state index is 12.2. The number of hydrogen-bond donors (Lipinski definition) is 1. The molecule has 0 unspecified atom stereocenters. The molecule has 2 rings (SSSR count). The largest absolute Gasteiger partial charge is 0.490 e. The highest BCUT2D eigenvalue weighted by Crippen LogP contribution is 2.21. The van der Waals surface area contributed by atoms with Crippen molar-refractivity contribution >= 4 is 17.5 Å². The van der Waals surface area contributed by atoms with Crippen LogP contribution in [-0.4, -0.2) is 36.0 Å². The molecule has 1 heterocycles. The van der Waals surface area contributed by atoms with Gasteiger partial charge in [-0.3, -0.25) is 4.79 Å². The third-order valence-corrected chi connectivity index (χ3v) is 4.13. The third-order valence-electron chi connectivity index (χ3n) is 3.87. The lowest BCUT2D eigenvalue weighted by atomic mass is 10.0. The van der Waals surface area contributed by atoms with Gasteiger partial charge in [-0.05, 0) is 30.2 Å². The molecule has 116 valence electrons. The summed E-state index contributed by atoms with van der Waals surface area (Å²) in [5, 5.41) is 0.699. The molecule has 21 heavy (non-hydrogen) atoms. The van der Waals surface area contributed by atoms with E-state index in [4.69, 9.17) is 22.1 Å². The lowest BCUT2D eigenvalue weighted by Gasteiger charge is -2.34. The zero-order chi connectivity index (χ0) is 15.4. The Morgan fingerprint density at radius 3 is 2.38 bits per heavy atom. The molecule has 1 aliphatic rings. The first-order chi connectivity index (χ1) is 9.97. The zero-order valence-corrected chi connectivity index (χ0v) is 13.3. The number of piperidine rings is 1. The number of amides is 1. The summed E-state index contributed by atoms with van der Waals surface area (Å²) in [6.07, 6.45) is 1.81. The fourth-order valence-corrected chi connectivity index (χ4v) is 2.52. The molecule has 0 aromatic heterocycles. The summed E-state index contributed by atoms with van der Waals surface area (Å²) in [6.45, 7) is 5.35. The van der Waals surface area contributed by atoms with Gasteiger partial charge < -0.3 is 15.4 Å². The van der Waals surface area contributed by atoms with Crippen LogP contribution in [-0.2, 0) is 4.79 Å². The van der Waals surface area contributed by atoms with Gasteiger partial charge in [-0.15, -0.1) is 0 Å². The molecule has 0 bridgehead atoms. The average molecular weight is 311 g/mol. The summed E-state index contributed by atoms with van der Waals surface area (Å²) in [6, 6.07) is 6.97. The second kappa shape index (κ2) is 7.14. The van der Waals surface area contributed by atoms with Gasteiger partial charge in [0.15, 0.2) is 0 Å². The number of likely N-dealkylation sites (tertiary alicyclic amines) is 1. The molecule has 1 aromatic carbocycles. The van der Waals surface area contributed by atoms with Crippen LogP contribution in [0.3, 0.4) is 0 Å². The highest BCUT2D eigenvalue weighted by atomic mass is 35.5. The molecule has 1 aromatic rings. The number of benzene rings is 1. The van der Waals surface area contributed by atoms with Gasteiger partial charge in [-0.1, -0.05) is 25.4 Å². The van der Waals surface area contributed by atoms with E-state index in [9.17, 15) is 4.79 Å². The van der Waals surface area contributed by atoms with Crippen LogP contribution in [0.15, 0.2) is 24.3 Å². The van der Waals surface area contributed by atoms with Crippen molar-refractivity contribution in [2.24, 2.45) is 11.7 Å². The predicted molar refractivity (Wildman–Crippen MR) is 84.5 cm³/mol. The minimum Gasteiger partial charge on any atom is -0.490 e. The molecular weight excluding hydrogens is 288 g/mol. The monoisotopic (exact) mass is 310 g/mol. The van der Waals surface area contributed by atoms with Crippen molar-refractivity contribution < 1.29 is 9.53 Å². The van der Waals surface area contributed by atoms with E-state index >= 15 is 0 Å². The van der Waals surface area contributed by atoms with Crippen LogP contribution in [0.25, 0.3) is 0 Å². The number of hydrogen-bond acceptors (Lipinski definition) is 3. The Labute approximate surface area is 131 Å². The molecule has 1 atom stereocenters. The first-order valence-electron chi connectivity index (χ1n) is 7.44. The second-order valence-corrected chi connectivity index (χ2v) is 6.30. The van der Waals surface area contributed by atoms with Gasteiger partial charge >= 0.3 is 0 Å². The molecule has 2 N–H and O–H groups in total. The van der Waals surface area contributed by atoms with Crippen molar-refractivity contribution in [2.45, 2.75) is 38.8 Å². The SMILES string of the molecule is CC(C)[C@H](N)C(=O)N1CCC(Oc2ccc(Cl)cc2)CC1. The van der Waals surface area contributed by atoms with Gasteiger partial charge in [0.2, 0.25) is 5.91 Å². The van der Waals surface area contributed by atoms with E-state index in [1.807, 2.05) is 43.0 Å². The summed E-state index contributed by atoms with van der Waals surface area (Å²) in [7, 11) is 0. The minimum atomic E-state index is -0.404. The maximum absolute atomic E-state index is 12.2. The first-order valence-corrected chi connectivity index (χ1v) is 7.81. The molecule has 4 nitrogen and oxygen atoms in total. The Kier molecular flexibility index (Phi) is 5.48. The van der Waals surface area contributed by atoms with E-state index in [-0.39, 0.29) is 17.9 Å². The first kappa shape index (κ1) is 16.1. The van der Waals surface area contributed by atoms with Crippen molar-refractivity contribution in [3.8, 4) is 5.75 Å². The standard InChI is InChI=1S/C16H23ClN2O2/c1-11(2)15(18)16(20)19-9-7-14(8-10-19)21-13-5-3-12(17)4-6-13/h3-6,11,14-15H,7-10,18H2,1-2H3/t15-/m0/s1. The Balaban J connectivity index is 1.83. The molecule has 0 radical (unpaired) electrons. The molecule has 0 saturated carbocycles. The van der Waals surface area contributed by atoms with Crippen LogP contribution in [0.1, 0.15) is 26.7 Å². The second-order valence-electron chi connectivity index (χ2n) is 5.87. The van der Waals surface area contributed by atoms with E-state index in [0.717, 1.165) is 18.6 Å². The Morgan fingerprint density at radius 1 is 1.29 bits per heavy atom. The van der Waals surface area contributed by atoms with Gasteiger partial charge in [0.25, 0.3) is 0 Å². The number of carbonyl (C=O) groups is 1. The van der Waals surface area contributed by atoms with Crippen molar-refractivity contribution in [1.82, 2.24) is 4.90 Å². The van der Waals surface area contributed by atoms with Gasteiger partial charge in [0.1, 0.15) is 11.9 Å². The van der Waals surface area contributed by atoms with Crippen molar-refractivity contribution in [2.75, 3.05) is 13.1 Å². The molecule has 0 aliphatic carbocycles. The summed E-state index contributed by atoms with van der Waals surface area (Å²) in [4.78, 5) is 14.0. The molecule has 1 saturated heterocycles. The Bertz CT molecular complexity index is 468. The summed E-state index contributed by atoms with van der Waals surface area (Å²) in [5.41, 5.74) is 5.93. The van der Waals surface area contributed by atoms with Crippen LogP contribution in [0.5, 0.6) is 5.75 Å². The molecular formula is C16H23ClN2O2. The van der Waals surface area contributed by atoms with Gasteiger partial charge in [0, 0.05) is 31.0 Å². The van der Waals surface area contributed by atoms with Gasteiger partial charge in [-0.2, -0.15) is 0 Å². The predicted octanol–water partition coefficient (Wildman–Crippen LogP) is 2.69. The summed E-state index contributed by atoms with van der Waals surface area (Å²) >= 11 is 5.85. The van der Waals surface area contributed by atoms with Gasteiger partial charge in [0.05, 0.1) is 6.04 Å². The third kappa shape index (κ3) is 4.35. The maximum Gasteiger partial charge on any atom is 0.239 e. The highest BCUT2D eigenvalue weighted by Gasteiger charge is 2.28. The fourth-order valence-electron chi connectivity index (χ4n) is 2.40. The van der Waals surface area contributed by atoms with Crippen molar-refractivity contribution in [3.63, 3.8) is 0 Å². The van der Waals surface area contributed by atoms with E-state index in [1.54, 1.807) is 0 Å². The number of ether oxygens (including phenoxy) is 1. The number of nitrogens with zero attached hydrogens (tertiary/aromatic N) is 1. The van der Waals surface area contributed by atoms with E-state index in [2.05, 4.69) is 0 Å². The minimum absolute atomic E-state index is 0.0509. The van der Waals surface area contributed by atoms with Crippen molar-refractivity contribution in [3.05, 3.63) is 29.3 Å². The number of nitrogens with two attached hydrogens (primary N) is 1. The number of rotatable bonds is 4. The zero-order valence-electron chi connectivity index (χ0n) is 12.6. The Morgan fingerprint density at radius 2 is 1.86 bits per heavy atom. The molecule has 1 aliphatic heterocycles. The summed E-state index contributed by atoms with van der Waals surface area (Å²) in [5.74, 6) is 1.04. The van der Waals surface area contributed by atoms with Crippen LogP contribution in [0, 0.1) is 5.92 Å². The van der Waals surface area contributed by atoms with Crippen LogP contribution in [0.2, 0.25) is 5.02 Å². The lowest BCUT2D eigenvalue weighted by molar-refractivity contribution is -0.135. The van der Waals surface area contributed by atoms with Gasteiger partial charge in [-0.25, -0.2) is 0 Å². The van der Waals surface area contributed by atoms with Crippen molar-refractivity contribution in [1.29, 1.82) is 0 Å². The van der Waals surface area contributed by atoms with Crippen LogP contribution in [0.4, 0.5) is 0 Å². The van der Waals surface area contributed by atoms with Crippen LogP contribution < -0.4 is 10.5 Å². The highest BCUT2D eigenvalue weighted by molar-refractivity contribution is 6.30. The van der Waals surface area contributed by atoms with E-state index < -0.39 is 6.04 Å². The summed E-state index contributed by atoms with van der Waals surface area (Å²) < 4.78 is 5.92. The number of carbonyl (C=O) groups excluding carboxylic acids is 1. The topological polar surface area (TPSA) is 55.6 Å². The molecule has 5 heteroatoms. The normalized spacial score (nSPS) is 17.9. The average Bonchev–Trinajstić information content (AvgIpc) is 2.49. The quantitative estimate of drug-likeness (QED) is 0.930. The molecule has 1 amide bonds. The van der Waals surface area contributed by atoms with E-state index in [1.165, 1.54) is 0 Å².